The summed E-state index contributed by atoms with van der Waals surface area (Å²) in [6.45, 7) is 6.19. The summed E-state index contributed by atoms with van der Waals surface area (Å²) in [5, 5.41) is 2.67. The summed E-state index contributed by atoms with van der Waals surface area (Å²) in [6, 6.07) is 0. The lowest BCUT2D eigenvalue weighted by molar-refractivity contribution is -0.117. The standard InChI is InChI=1S/C10H19NO/c1-5-7-9(8(3)6-2)10(12)11-4/h5-7H2,1-4H3,(H,11,12). The fourth-order valence-electron chi connectivity index (χ4n) is 1.14. The van der Waals surface area contributed by atoms with E-state index in [-0.39, 0.29) is 5.91 Å². The second kappa shape index (κ2) is 5.81. The molecule has 70 valence electrons. The lowest BCUT2D eigenvalue weighted by atomic mass is 10.0. The van der Waals surface area contributed by atoms with Gasteiger partial charge in [-0.05, 0) is 19.8 Å². The summed E-state index contributed by atoms with van der Waals surface area (Å²) in [5.74, 6) is 0.0798. The van der Waals surface area contributed by atoms with Gasteiger partial charge in [-0.1, -0.05) is 25.8 Å². The number of nitrogens with one attached hydrogen (secondary N) is 1. The second-order valence-corrected chi connectivity index (χ2v) is 2.94. The van der Waals surface area contributed by atoms with Crippen molar-refractivity contribution in [1.82, 2.24) is 5.32 Å². The Morgan fingerprint density at radius 3 is 2.25 bits per heavy atom. The first-order valence-corrected chi connectivity index (χ1v) is 4.58. The summed E-state index contributed by atoms with van der Waals surface area (Å²) >= 11 is 0. The van der Waals surface area contributed by atoms with E-state index in [9.17, 15) is 4.79 Å². The fraction of sp³-hybridized carbons (Fsp3) is 0.700. The Morgan fingerprint density at radius 2 is 1.92 bits per heavy atom. The minimum Gasteiger partial charge on any atom is -0.355 e. The molecular formula is C10H19NO. The van der Waals surface area contributed by atoms with E-state index in [1.165, 1.54) is 5.57 Å². The maximum Gasteiger partial charge on any atom is 0.246 e. The monoisotopic (exact) mass is 169 g/mol. The van der Waals surface area contributed by atoms with E-state index in [2.05, 4.69) is 19.2 Å². The van der Waals surface area contributed by atoms with E-state index < -0.39 is 0 Å². The van der Waals surface area contributed by atoms with Gasteiger partial charge >= 0.3 is 0 Å². The third-order valence-corrected chi connectivity index (χ3v) is 2.05. The number of carbonyl (C=O) groups excluding carboxylic acids is 1. The number of likely N-dealkylation sites (N-methyl/N-ethyl adjacent to an activating group) is 1. The SMILES string of the molecule is CCCC(C(=O)NC)=C(C)CC. The second-order valence-electron chi connectivity index (χ2n) is 2.94. The van der Waals surface area contributed by atoms with Gasteiger partial charge in [0.1, 0.15) is 0 Å². The van der Waals surface area contributed by atoms with Crippen LogP contribution in [0.4, 0.5) is 0 Å². The lowest BCUT2D eigenvalue weighted by Crippen LogP contribution is -2.21. The summed E-state index contributed by atoms with van der Waals surface area (Å²) in [5.41, 5.74) is 2.17. The molecule has 0 aromatic heterocycles. The molecule has 2 heteroatoms. The molecule has 12 heavy (non-hydrogen) atoms. The van der Waals surface area contributed by atoms with Gasteiger partial charge < -0.3 is 5.32 Å². The van der Waals surface area contributed by atoms with Crippen LogP contribution in [0.1, 0.15) is 40.0 Å². The normalized spacial score (nSPS) is 12.3. The highest BCUT2D eigenvalue weighted by Gasteiger charge is 2.08. The van der Waals surface area contributed by atoms with Crippen molar-refractivity contribution in [3.63, 3.8) is 0 Å². The van der Waals surface area contributed by atoms with Gasteiger partial charge in [0, 0.05) is 12.6 Å². The minimum atomic E-state index is 0.0798. The van der Waals surface area contributed by atoms with Gasteiger partial charge in [-0.15, -0.1) is 0 Å². The van der Waals surface area contributed by atoms with Crippen LogP contribution in [0, 0.1) is 0 Å². The fourth-order valence-corrected chi connectivity index (χ4v) is 1.14. The summed E-state index contributed by atoms with van der Waals surface area (Å²) in [6.07, 6.45) is 2.88. The van der Waals surface area contributed by atoms with Crippen LogP contribution in [0.3, 0.4) is 0 Å². The number of hydrogen-bond acceptors (Lipinski definition) is 1. The maximum atomic E-state index is 11.3. The Kier molecular flexibility index (Phi) is 5.43. The molecule has 0 spiro atoms. The average Bonchev–Trinajstić information content (AvgIpc) is 2.11. The van der Waals surface area contributed by atoms with Gasteiger partial charge in [0.2, 0.25) is 5.91 Å². The molecule has 1 amide bonds. The van der Waals surface area contributed by atoms with Crippen molar-refractivity contribution in [3.8, 4) is 0 Å². The highest BCUT2D eigenvalue weighted by Crippen LogP contribution is 2.13. The molecule has 0 aliphatic carbocycles. The Hall–Kier alpha value is -0.790. The Bertz CT molecular complexity index is 182. The van der Waals surface area contributed by atoms with E-state index in [0.29, 0.717) is 0 Å². The first kappa shape index (κ1) is 11.2. The lowest BCUT2D eigenvalue weighted by Gasteiger charge is -2.08. The van der Waals surface area contributed by atoms with Gasteiger partial charge in [-0.2, -0.15) is 0 Å². The van der Waals surface area contributed by atoms with Crippen LogP contribution in [0.5, 0.6) is 0 Å². The predicted molar refractivity (Wildman–Crippen MR) is 52.0 cm³/mol. The number of rotatable bonds is 4. The molecule has 0 fully saturated rings. The van der Waals surface area contributed by atoms with Crippen LogP contribution in [0.2, 0.25) is 0 Å². The Balaban J connectivity index is 4.52. The van der Waals surface area contributed by atoms with Crippen LogP contribution in [-0.2, 0) is 4.79 Å². The molecular weight excluding hydrogens is 150 g/mol. The van der Waals surface area contributed by atoms with Crippen LogP contribution < -0.4 is 5.32 Å². The zero-order valence-corrected chi connectivity index (χ0v) is 8.53. The van der Waals surface area contributed by atoms with Crippen molar-refractivity contribution < 1.29 is 4.79 Å². The van der Waals surface area contributed by atoms with E-state index in [0.717, 1.165) is 24.8 Å². The number of amides is 1. The van der Waals surface area contributed by atoms with Crippen LogP contribution in [-0.4, -0.2) is 13.0 Å². The quantitative estimate of drug-likeness (QED) is 0.643. The van der Waals surface area contributed by atoms with E-state index in [4.69, 9.17) is 0 Å². The third-order valence-electron chi connectivity index (χ3n) is 2.05. The van der Waals surface area contributed by atoms with Gasteiger partial charge in [0.25, 0.3) is 0 Å². The van der Waals surface area contributed by atoms with E-state index in [1.54, 1.807) is 7.05 Å². The molecule has 0 saturated heterocycles. The maximum absolute atomic E-state index is 11.3. The zero-order chi connectivity index (χ0) is 9.56. The molecule has 0 bridgehead atoms. The molecule has 0 rings (SSSR count). The number of allylic oxidation sites excluding steroid dienone is 1. The van der Waals surface area contributed by atoms with Crippen LogP contribution >= 0.6 is 0 Å². The molecule has 0 aliphatic heterocycles. The molecule has 0 unspecified atom stereocenters. The van der Waals surface area contributed by atoms with Gasteiger partial charge in [0.05, 0.1) is 0 Å². The molecule has 1 N–H and O–H groups in total. The first-order valence-electron chi connectivity index (χ1n) is 4.58. The van der Waals surface area contributed by atoms with Crippen molar-refractivity contribution in [1.29, 1.82) is 0 Å². The molecule has 0 aliphatic rings. The van der Waals surface area contributed by atoms with Gasteiger partial charge in [-0.3, -0.25) is 4.79 Å². The molecule has 0 aromatic carbocycles. The van der Waals surface area contributed by atoms with Gasteiger partial charge in [-0.25, -0.2) is 0 Å². The first-order chi connectivity index (χ1) is 5.67. The molecule has 0 aromatic rings. The van der Waals surface area contributed by atoms with Crippen LogP contribution in [0.15, 0.2) is 11.1 Å². The van der Waals surface area contributed by atoms with Crippen molar-refractivity contribution in [2.45, 2.75) is 40.0 Å². The topological polar surface area (TPSA) is 29.1 Å². The number of hydrogen-bond donors (Lipinski definition) is 1. The van der Waals surface area contributed by atoms with Crippen molar-refractivity contribution in [2.24, 2.45) is 0 Å². The molecule has 0 saturated carbocycles. The van der Waals surface area contributed by atoms with Crippen molar-refractivity contribution in [3.05, 3.63) is 11.1 Å². The van der Waals surface area contributed by atoms with Crippen LogP contribution in [0.25, 0.3) is 0 Å². The Labute approximate surface area is 75.0 Å². The smallest absolute Gasteiger partial charge is 0.246 e. The molecule has 2 nitrogen and oxygen atoms in total. The molecule has 0 heterocycles. The highest BCUT2D eigenvalue weighted by molar-refractivity contribution is 5.93. The van der Waals surface area contributed by atoms with Crippen molar-refractivity contribution in [2.75, 3.05) is 7.05 Å². The summed E-state index contributed by atoms with van der Waals surface area (Å²) < 4.78 is 0. The molecule has 0 atom stereocenters. The highest BCUT2D eigenvalue weighted by atomic mass is 16.1. The van der Waals surface area contributed by atoms with Crippen molar-refractivity contribution >= 4 is 5.91 Å². The average molecular weight is 169 g/mol. The van der Waals surface area contributed by atoms with Gasteiger partial charge in [0.15, 0.2) is 0 Å². The summed E-state index contributed by atoms with van der Waals surface area (Å²) in [7, 11) is 1.68. The molecule has 0 radical (unpaired) electrons. The third kappa shape index (κ3) is 3.07. The predicted octanol–water partition coefficient (Wildman–Crippen LogP) is 2.26. The van der Waals surface area contributed by atoms with E-state index in [1.807, 2.05) is 6.92 Å². The van der Waals surface area contributed by atoms with E-state index >= 15 is 0 Å². The Morgan fingerprint density at radius 1 is 1.33 bits per heavy atom. The number of carbonyl (C=O) groups is 1. The largest absolute Gasteiger partial charge is 0.355 e. The minimum absolute atomic E-state index is 0.0798. The zero-order valence-electron chi connectivity index (χ0n) is 8.53. The summed E-state index contributed by atoms with van der Waals surface area (Å²) in [4.78, 5) is 11.3.